The number of rotatable bonds is 5. The zero-order valence-electron chi connectivity index (χ0n) is 12.3. The highest BCUT2D eigenvalue weighted by atomic mass is 32.2. The van der Waals surface area contributed by atoms with Crippen LogP contribution in [0.3, 0.4) is 0 Å². The van der Waals surface area contributed by atoms with Crippen LogP contribution in [0.4, 0.5) is 0 Å². The van der Waals surface area contributed by atoms with Crippen LogP contribution in [0.2, 0.25) is 0 Å². The number of methoxy groups -OCH3 is 1. The predicted octanol–water partition coefficient (Wildman–Crippen LogP) is 2.41. The quantitative estimate of drug-likeness (QED) is 0.921. The summed E-state index contributed by atoms with van der Waals surface area (Å²) in [6, 6.07) is 14.5. The van der Waals surface area contributed by atoms with Gasteiger partial charge in [0.05, 0.1) is 18.0 Å². The van der Waals surface area contributed by atoms with E-state index in [2.05, 4.69) is 5.32 Å². The van der Waals surface area contributed by atoms with Crippen molar-refractivity contribution in [3.8, 4) is 5.75 Å². The van der Waals surface area contributed by atoms with Gasteiger partial charge in [0.1, 0.15) is 5.75 Å². The lowest BCUT2D eigenvalue weighted by Crippen LogP contribution is -2.18. The molecule has 4 nitrogen and oxygen atoms in total. The van der Waals surface area contributed by atoms with Gasteiger partial charge in [-0.1, -0.05) is 30.3 Å². The van der Waals surface area contributed by atoms with E-state index in [1.807, 2.05) is 37.4 Å². The molecule has 0 aromatic heterocycles. The number of para-hydroxylation sites is 1. The highest BCUT2D eigenvalue weighted by Gasteiger charge is 2.18. The van der Waals surface area contributed by atoms with E-state index in [9.17, 15) is 8.42 Å². The van der Waals surface area contributed by atoms with E-state index >= 15 is 0 Å². The summed E-state index contributed by atoms with van der Waals surface area (Å²) in [6.45, 7) is 0. The van der Waals surface area contributed by atoms with Crippen LogP contribution in [0.25, 0.3) is 0 Å². The second kappa shape index (κ2) is 6.28. The van der Waals surface area contributed by atoms with Gasteiger partial charge in [-0.15, -0.1) is 0 Å². The lowest BCUT2D eigenvalue weighted by Gasteiger charge is -2.20. The Balaban J connectivity index is 2.52. The Morgan fingerprint density at radius 2 is 1.81 bits per heavy atom. The van der Waals surface area contributed by atoms with Crippen molar-refractivity contribution in [1.82, 2.24) is 5.32 Å². The highest BCUT2D eigenvalue weighted by molar-refractivity contribution is 7.90. The number of sulfone groups is 1. The average Bonchev–Trinajstić information content (AvgIpc) is 2.48. The topological polar surface area (TPSA) is 55.4 Å². The zero-order chi connectivity index (χ0) is 15.5. The van der Waals surface area contributed by atoms with E-state index in [1.54, 1.807) is 25.3 Å². The minimum atomic E-state index is -3.22. The monoisotopic (exact) mass is 305 g/mol. The molecule has 0 aliphatic heterocycles. The van der Waals surface area contributed by atoms with E-state index in [4.69, 9.17) is 4.74 Å². The summed E-state index contributed by atoms with van der Waals surface area (Å²) < 4.78 is 28.8. The largest absolute Gasteiger partial charge is 0.496 e. The molecular formula is C16H19NO3S. The molecule has 0 amide bonds. The number of hydrogen-bond donors (Lipinski definition) is 1. The fourth-order valence-corrected chi connectivity index (χ4v) is 3.01. The van der Waals surface area contributed by atoms with Crippen molar-refractivity contribution in [3.05, 3.63) is 59.7 Å². The molecule has 0 heterocycles. The van der Waals surface area contributed by atoms with Gasteiger partial charge in [-0.25, -0.2) is 8.42 Å². The van der Waals surface area contributed by atoms with E-state index in [-0.39, 0.29) is 6.04 Å². The van der Waals surface area contributed by atoms with Gasteiger partial charge in [0.25, 0.3) is 0 Å². The Kier molecular flexibility index (Phi) is 4.65. The molecule has 112 valence electrons. The molecule has 1 N–H and O–H groups in total. The van der Waals surface area contributed by atoms with Crippen LogP contribution in [0.15, 0.2) is 53.4 Å². The molecule has 2 aromatic rings. The van der Waals surface area contributed by atoms with Crippen molar-refractivity contribution in [3.63, 3.8) is 0 Å². The minimum absolute atomic E-state index is 0.136. The lowest BCUT2D eigenvalue weighted by molar-refractivity contribution is 0.405. The van der Waals surface area contributed by atoms with Crippen LogP contribution < -0.4 is 10.1 Å². The Bertz CT molecular complexity index is 726. The van der Waals surface area contributed by atoms with Crippen molar-refractivity contribution in [1.29, 1.82) is 0 Å². The van der Waals surface area contributed by atoms with Crippen LogP contribution in [0.5, 0.6) is 5.75 Å². The number of nitrogens with one attached hydrogen (secondary N) is 1. The SMILES string of the molecule is CNC(c1cccc(S(C)(=O)=O)c1)c1ccccc1OC. The van der Waals surface area contributed by atoms with Gasteiger partial charge >= 0.3 is 0 Å². The summed E-state index contributed by atoms with van der Waals surface area (Å²) in [5.41, 5.74) is 1.85. The molecule has 0 aliphatic carbocycles. The number of benzene rings is 2. The molecule has 0 fully saturated rings. The zero-order valence-corrected chi connectivity index (χ0v) is 13.1. The fraction of sp³-hybridized carbons (Fsp3) is 0.250. The van der Waals surface area contributed by atoms with Crippen LogP contribution in [0, 0.1) is 0 Å². The third kappa shape index (κ3) is 3.43. The van der Waals surface area contributed by atoms with E-state index in [1.165, 1.54) is 6.26 Å². The van der Waals surface area contributed by atoms with Gasteiger partial charge in [0.2, 0.25) is 0 Å². The van der Waals surface area contributed by atoms with Crippen molar-refractivity contribution in [2.75, 3.05) is 20.4 Å². The normalized spacial score (nSPS) is 12.9. The van der Waals surface area contributed by atoms with E-state index < -0.39 is 9.84 Å². The van der Waals surface area contributed by atoms with Crippen LogP contribution in [0.1, 0.15) is 17.2 Å². The van der Waals surface area contributed by atoms with Crippen LogP contribution in [-0.2, 0) is 9.84 Å². The minimum Gasteiger partial charge on any atom is -0.496 e. The molecule has 0 bridgehead atoms. The molecule has 2 rings (SSSR count). The smallest absolute Gasteiger partial charge is 0.175 e. The van der Waals surface area contributed by atoms with Gasteiger partial charge in [0, 0.05) is 11.8 Å². The first-order chi connectivity index (χ1) is 9.97. The van der Waals surface area contributed by atoms with Crippen molar-refractivity contribution in [2.24, 2.45) is 0 Å². The highest BCUT2D eigenvalue weighted by Crippen LogP contribution is 2.30. The Labute approximate surface area is 125 Å². The summed E-state index contributed by atoms with van der Waals surface area (Å²) in [6.07, 6.45) is 1.21. The third-order valence-electron chi connectivity index (χ3n) is 3.36. The van der Waals surface area contributed by atoms with Gasteiger partial charge in [-0.3, -0.25) is 0 Å². The second-order valence-corrected chi connectivity index (χ2v) is 6.82. The van der Waals surface area contributed by atoms with Crippen molar-refractivity contribution < 1.29 is 13.2 Å². The second-order valence-electron chi connectivity index (χ2n) is 4.81. The molecule has 0 radical (unpaired) electrons. The average molecular weight is 305 g/mol. The molecular weight excluding hydrogens is 286 g/mol. The Morgan fingerprint density at radius 1 is 1.10 bits per heavy atom. The standard InChI is InChI=1S/C16H19NO3S/c1-17-16(14-9-4-5-10-15(14)20-2)12-7-6-8-13(11-12)21(3,18)19/h4-11,16-17H,1-3H3. The summed E-state index contributed by atoms with van der Waals surface area (Å²) in [5.74, 6) is 0.765. The molecule has 21 heavy (non-hydrogen) atoms. The molecule has 1 unspecified atom stereocenters. The molecule has 0 aliphatic rings. The maximum atomic E-state index is 11.7. The van der Waals surface area contributed by atoms with Crippen molar-refractivity contribution >= 4 is 9.84 Å². The lowest BCUT2D eigenvalue weighted by atomic mass is 9.98. The number of hydrogen-bond acceptors (Lipinski definition) is 4. The first-order valence-corrected chi connectivity index (χ1v) is 8.46. The summed E-state index contributed by atoms with van der Waals surface area (Å²) >= 11 is 0. The fourth-order valence-electron chi connectivity index (χ4n) is 2.33. The molecule has 0 saturated carbocycles. The van der Waals surface area contributed by atoms with Gasteiger partial charge in [-0.2, -0.15) is 0 Å². The van der Waals surface area contributed by atoms with Crippen LogP contribution >= 0.6 is 0 Å². The Hall–Kier alpha value is -1.85. The molecule has 5 heteroatoms. The molecule has 0 saturated heterocycles. The maximum absolute atomic E-state index is 11.7. The van der Waals surface area contributed by atoms with Crippen molar-refractivity contribution in [2.45, 2.75) is 10.9 Å². The summed E-state index contributed by atoms with van der Waals surface area (Å²) in [4.78, 5) is 0.315. The first kappa shape index (κ1) is 15.5. The number of ether oxygens (including phenoxy) is 1. The predicted molar refractivity (Wildman–Crippen MR) is 83.4 cm³/mol. The maximum Gasteiger partial charge on any atom is 0.175 e. The van der Waals surface area contributed by atoms with Crippen LogP contribution in [-0.4, -0.2) is 28.8 Å². The third-order valence-corrected chi connectivity index (χ3v) is 4.47. The summed E-state index contributed by atoms with van der Waals surface area (Å²) in [5, 5.41) is 3.21. The van der Waals surface area contributed by atoms with Gasteiger partial charge in [0.15, 0.2) is 9.84 Å². The first-order valence-electron chi connectivity index (χ1n) is 6.57. The van der Waals surface area contributed by atoms with E-state index in [0.29, 0.717) is 4.90 Å². The molecule has 0 spiro atoms. The molecule has 1 atom stereocenters. The summed E-state index contributed by atoms with van der Waals surface area (Å²) in [7, 11) is 0.237. The van der Waals surface area contributed by atoms with E-state index in [0.717, 1.165) is 16.9 Å². The van der Waals surface area contributed by atoms with Gasteiger partial charge < -0.3 is 10.1 Å². The van der Waals surface area contributed by atoms with Gasteiger partial charge in [-0.05, 0) is 30.8 Å². The molecule has 2 aromatic carbocycles. The Morgan fingerprint density at radius 3 is 2.43 bits per heavy atom.